The standard InChI is InChI=1S/C17H23ClN2O/c1-12-16(21)20(11-17(2)8-3-4-9-17)15(19-12)13-6-5-7-14(18)10-13/h5-7,10,12,15,19H,3-4,8-9,11H2,1-2H3. The Kier molecular flexibility index (Phi) is 3.98. The lowest BCUT2D eigenvalue weighted by Crippen LogP contribution is -2.38. The van der Waals surface area contributed by atoms with E-state index >= 15 is 0 Å². The molecular weight excluding hydrogens is 284 g/mol. The number of nitrogens with one attached hydrogen (secondary N) is 1. The van der Waals surface area contributed by atoms with Gasteiger partial charge in [-0.05, 0) is 42.9 Å². The average molecular weight is 307 g/mol. The average Bonchev–Trinajstić information content (AvgIpc) is 2.98. The molecule has 0 bridgehead atoms. The fraction of sp³-hybridized carbons (Fsp3) is 0.588. The molecule has 1 saturated heterocycles. The molecule has 2 atom stereocenters. The summed E-state index contributed by atoms with van der Waals surface area (Å²) < 4.78 is 0. The molecule has 2 unspecified atom stereocenters. The third-order valence-electron chi connectivity index (χ3n) is 4.90. The Bertz CT molecular complexity index is 539. The van der Waals surface area contributed by atoms with Gasteiger partial charge in [0.15, 0.2) is 0 Å². The van der Waals surface area contributed by atoms with E-state index in [-0.39, 0.29) is 23.5 Å². The Labute approximate surface area is 131 Å². The van der Waals surface area contributed by atoms with Gasteiger partial charge in [-0.1, -0.05) is 43.5 Å². The summed E-state index contributed by atoms with van der Waals surface area (Å²) >= 11 is 6.11. The van der Waals surface area contributed by atoms with Gasteiger partial charge in [0, 0.05) is 11.6 Å². The van der Waals surface area contributed by atoms with Crippen molar-refractivity contribution >= 4 is 17.5 Å². The lowest BCUT2D eigenvalue weighted by atomic mass is 9.88. The Hall–Kier alpha value is -1.06. The van der Waals surface area contributed by atoms with Crippen LogP contribution < -0.4 is 5.32 Å². The van der Waals surface area contributed by atoms with Gasteiger partial charge in [0.1, 0.15) is 6.17 Å². The first-order chi connectivity index (χ1) is 9.98. The van der Waals surface area contributed by atoms with E-state index in [9.17, 15) is 4.79 Å². The summed E-state index contributed by atoms with van der Waals surface area (Å²) in [6.45, 7) is 5.09. The molecule has 1 saturated carbocycles. The monoisotopic (exact) mass is 306 g/mol. The molecule has 2 aliphatic rings. The van der Waals surface area contributed by atoms with Crippen LogP contribution in [-0.4, -0.2) is 23.4 Å². The molecule has 0 spiro atoms. The van der Waals surface area contributed by atoms with Crippen molar-refractivity contribution in [2.75, 3.05) is 6.54 Å². The highest BCUT2D eigenvalue weighted by molar-refractivity contribution is 6.30. The molecule has 1 amide bonds. The van der Waals surface area contributed by atoms with Gasteiger partial charge in [-0.25, -0.2) is 0 Å². The van der Waals surface area contributed by atoms with E-state index in [0.717, 1.165) is 12.1 Å². The molecule has 3 nitrogen and oxygen atoms in total. The second kappa shape index (κ2) is 5.62. The van der Waals surface area contributed by atoms with Crippen molar-refractivity contribution < 1.29 is 4.79 Å². The number of amides is 1. The summed E-state index contributed by atoms with van der Waals surface area (Å²) in [5.74, 6) is 0.202. The molecule has 1 aromatic carbocycles. The highest BCUT2D eigenvalue weighted by Gasteiger charge is 2.41. The SMILES string of the molecule is CC1NC(c2cccc(Cl)c2)N(CC2(C)CCCC2)C1=O. The third-order valence-corrected chi connectivity index (χ3v) is 5.14. The number of carbonyl (C=O) groups excluding carboxylic acids is 1. The molecule has 1 aliphatic heterocycles. The lowest BCUT2D eigenvalue weighted by molar-refractivity contribution is -0.131. The first kappa shape index (κ1) is 14.9. The molecule has 114 valence electrons. The minimum absolute atomic E-state index is 0.0522. The van der Waals surface area contributed by atoms with Crippen molar-refractivity contribution in [3.05, 3.63) is 34.9 Å². The van der Waals surface area contributed by atoms with Crippen molar-refractivity contribution in [3.63, 3.8) is 0 Å². The largest absolute Gasteiger partial charge is 0.321 e. The summed E-state index contributed by atoms with van der Waals surface area (Å²) in [5.41, 5.74) is 1.33. The van der Waals surface area contributed by atoms with Crippen LogP contribution >= 0.6 is 11.6 Å². The fourth-order valence-corrected chi connectivity index (χ4v) is 3.89. The number of rotatable bonds is 3. The number of benzene rings is 1. The molecule has 1 N–H and O–H groups in total. The highest BCUT2D eigenvalue weighted by atomic mass is 35.5. The van der Waals surface area contributed by atoms with Crippen molar-refractivity contribution in [1.29, 1.82) is 0 Å². The van der Waals surface area contributed by atoms with Crippen LogP contribution in [0.1, 0.15) is 51.3 Å². The first-order valence-electron chi connectivity index (χ1n) is 7.81. The Morgan fingerprint density at radius 3 is 2.76 bits per heavy atom. The van der Waals surface area contributed by atoms with Crippen LogP contribution in [0.3, 0.4) is 0 Å². The van der Waals surface area contributed by atoms with Gasteiger partial charge in [-0.2, -0.15) is 0 Å². The molecule has 1 aromatic rings. The van der Waals surface area contributed by atoms with Gasteiger partial charge in [0.05, 0.1) is 6.04 Å². The zero-order chi connectivity index (χ0) is 15.0. The van der Waals surface area contributed by atoms with Gasteiger partial charge in [0.25, 0.3) is 0 Å². The number of carbonyl (C=O) groups is 1. The molecule has 1 aliphatic carbocycles. The maximum Gasteiger partial charge on any atom is 0.241 e. The van der Waals surface area contributed by atoms with Crippen LogP contribution in [0.5, 0.6) is 0 Å². The predicted octanol–water partition coefficient (Wildman–Crippen LogP) is 3.74. The quantitative estimate of drug-likeness (QED) is 0.922. The highest BCUT2D eigenvalue weighted by Crippen LogP contribution is 2.40. The summed E-state index contributed by atoms with van der Waals surface area (Å²) in [6.07, 6.45) is 4.94. The van der Waals surface area contributed by atoms with Gasteiger partial charge < -0.3 is 4.90 Å². The first-order valence-corrected chi connectivity index (χ1v) is 8.18. The van der Waals surface area contributed by atoms with Crippen molar-refractivity contribution in [2.45, 2.75) is 51.7 Å². The van der Waals surface area contributed by atoms with Gasteiger partial charge >= 0.3 is 0 Å². The van der Waals surface area contributed by atoms with Crippen molar-refractivity contribution in [2.24, 2.45) is 5.41 Å². The van der Waals surface area contributed by atoms with Crippen LogP contribution in [0.2, 0.25) is 5.02 Å². The van der Waals surface area contributed by atoms with Gasteiger partial charge in [0.2, 0.25) is 5.91 Å². The Morgan fingerprint density at radius 1 is 1.38 bits per heavy atom. The molecule has 2 fully saturated rings. The van der Waals surface area contributed by atoms with Crippen LogP contribution in [0.15, 0.2) is 24.3 Å². The maximum atomic E-state index is 12.5. The molecular formula is C17H23ClN2O. The summed E-state index contributed by atoms with van der Waals surface area (Å²) in [7, 11) is 0. The molecule has 3 rings (SSSR count). The second-order valence-corrected chi connectivity index (χ2v) is 7.27. The number of hydrogen-bond donors (Lipinski definition) is 1. The van der Waals surface area contributed by atoms with E-state index in [1.165, 1.54) is 25.7 Å². The third kappa shape index (κ3) is 2.95. The van der Waals surface area contributed by atoms with Crippen molar-refractivity contribution in [1.82, 2.24) is 10.2 Å². The molecule has 21 heavy (non-hydrogen) atoms. The van der Waals surface area contributed by atoms with Crippen molar-refractivity contribution in [3.8, 4) is 0 Å². The van der Waals surface area contributed by atoms with E-state index in [2.05, 4.69) is 12.2 Å². The van der Waals surface area contributed by atoms with E-state index in [0.29, 0.717) is 5.02 Å². The van der Waals surface area contributed by atoms with E-state index in [4.69, 9.17) is 11.6 Å². The smallest absolute Gasteiger partial charge is 0.241 e. The molecule has 0 aromatic heterocycles. The van der Waals surface area contributed by atoms with Gasteiger partial charge in [-0.15, -0.1) is 0 Å². The number of halogens is 1. The van der Waals surface area contributed by atoms with Gasteiger partial charge in [-0.3, -0.25) is 10.1 Å². The lowest BCUT2D eigenvalue weighted by Gasteiger charge is -2.33. The molecule has 4 heteroatoms. The number of nitrogens with zero attached hydrogens (tertiary/aromatic N) is 1. The molecule has 0 radical (unpaired) electrons. The topological polar surface area (TPSA) is 32.3 Å². The van der Waals surface area contributed by atoms with Crippen LogP contribution in [-0.2, 0) is 4.79 Å². The van der Waals surface area contributed by atoms with E-state index < -0.39 is 0 Å². The van der Waals surface area contributed by atoms with Crippen LogP contribution in [0.4, 0.5) is 0 Å². The summed E-state index contributed by atoms with van der Waals surface area (Å²) in [4.78, 5) is 14.5. The summed E-state index contributed by atoms with van der Waals surface area (Å²) in [5, 5.41) is 4.12. The maximum absolute atomic E-state index is 12.5. The zero-order valence-electron chi connectivity index (χ0n) is 12.7. The van der Waals surface area contributed by atoms with E-state index in [1.807, 2.05) is 36.1 Å². The van der Waals surface area contributed by atoms with Crippen LogP contribution in [0.25, 0.3) is 0 Å². The summed E-state index contributed by atoms with van der Waals surface area (Å²) in [6, 6.07) is 7.68. The Morgan fingerprint density at radius 2 is 2.10 bits per heavy atom. The second-order valence-electron chi connectivity index (χ2n) is 6.83. The number of hydrogen-bond acceptors (Lipinski definition) is 2. The van der Waals surface area contributed by atoms with Crippen LogP contribution in [0, 0.1) is 5.41 Å². The zero-order valence-corrected chi connectivity index (χ0v) is 13.5. The Balaban J connectivity index is 1.86. The minimum atomic E-state index is -0.126. The fourth-order valence-electron chi connectivity index (χ4n) is 3.69. The van der Waals surface area contributed by atoms with E-state index in [1.54, 1.807) is 0 Å². The molecule has 1 heterocycles. The normalized spacial score (nSPS) is 28.3. The minimum Gasteiger partial charge on any atom is -0.321 e. The predicted molar refractivity (Wildman–Crippen MR) is 85.1 cm³/mol.